The van der Waals surface area contributed by atoms with Crippen LogP contribution in [0.5, 0.6) is 0 Å². The van der Waals surface area contributed by atoms with Crippen molar-refractivity contribution < 1.29 is 4.79 Å². The zero-order valence-electron chi connectivity index (χ0n) is 16.0. The number of hydrogen-bond acceptors (Lipinski definition) is 3. The first kappa shape index (κ1) is 18.2. The molecule has 1 N–H and O–H groups in total. The van der Waals surface area contributed by atoms with Crippen molar-refractivity contribution in [3.8, 4) is 16.9 Å². The number of amides is 1. The van der Waals surface area contributed by atoms with Gasteiger partial charge in [0.25, 0.3) is 5.91 Å². The Balaban J connectivity index is 1.65. The van der Waals surface area contributed by atoms with Gasteiger partial charge in [-0.2, -0.15) is 10.2 Å². The van der Waals surface area contributed by atoms with Crippen molar-refractivity contribution in [2.45, 2.75) is 32.6 Å². The SMILES string of the molecule is C[C@@H]1CCC/C(=N\NC(=O)c2cn(-c3ccccc3)nc2-c2ccccc2)C1. The van der Waals surface area contributed by atoms with Crippen LogP contribution in [0.1, 0.15) is 43.0 Å². The third-order valence-corrected chi connectivity index (χ3v) is 5.09. The monoisotopic (exact) mass is 372 g/mol. The molecule has 5 nitrogen and oxygen atoms in total. The van der Waals surface area contributed by atoms with Gasteiger partial charge in [0.05, 0.1) is 11.3 Å². The van der Waals surface area contributed by atoms with E-state index >= 15 is 0 Å². The van der Waals surface area contributed by atoms with Gasteiger partial charge < -0.3 is 0 Å². The van der Waals surface area contributed by atoms with Gasteiger partial charge in [-0.05, 0) is 43.7 Å². The number of benzene rings is 2. The van der Waals surface area contributed by atoms with E-state index in [1.54, 1.807) is 10.9 Å². The van der Waals surface area contributed by atoms with Crippen molar-refractivity contribution in [1.29, 1.82) is 0 Å². The number of para-hydroxylation sites is 1. The summed E-state index contributed by atoms with van der Waals surface area (Å²) in [4.78, 5) is 12.9. The number of aromatic nitrogens is 2. The maximum Gasteiger partial charge on any atom is 0.275 e. The number of nitrogens with one attached hydrogen (secondary N) is 1. The molecule has 1 aliphatic carbocycles. The third kappa shape index (κ3) is 4.03. The van der Waals surface area contributed by atoms with Crippen LogP contribution in [0.25, 0.3) is 16.9 Å². The van der Waals surface area contributed by atoms with Gasteiger partial charge >= 0.3 is 0 Å². The molecular formula is C23H24N4O. The number of rotatable bonds is 4. The molecule has 1 aliphatic rings. The first-order valence-corrected chi connectivity index (χ1v) is 9.77. The summed E-state index contributed by atoms with van der Waals surface area (Å²) in [6, 6.07) is 19.6. The average molecular weight is 372 g/mol. The summed E-state index contributed by atoms with van der Waals surface area (Å²) in [5.74, 6) is 0.400. The van der Waals surface area contributed by atoms with Gasteiger partial charge in [0.15, 0.2) is 0 Å². The summed E-state index contributed by atoms with van der Waals surface area (Å²) in [7, 11) is 0. The van der Waals surface area contributed by atoms with Gasteiger partial charge in [0.2, 0.25) is 0 Å². The third-order valence-electron chi connectivity index (χ3n) is 5.09. The Hall–Kier alpha value is -3.21. The van der Waals surface area contributed by atoms with Crippen LogP contribution in [0.4, 0.5) is 0 Å². The fourth-order valence-corrected chi connectivity index (χ4v) is 3.61. The highest BCUT2D eigenvalue weighted by molar-refractivity contribution is 6.00. The van der Waals surface area contributed by atoms with E-state index in [4.69, 9.17) is 0 Å². The number of hydrogen-bond donors (Lipinski definition) is 1. The Labute approximate surface area is 165 Å². The van der Waals surface area contributed by atoms with Crippen molar-refractivity contribution >= 4 is 11.6 Å². The molecule has 0 saturated heterocycles. The molecule has 0 aliphatic heterocycles. The molecule has 1 aromatic heterocycles. The lowest BCUT2D eigenvalue weighted by Gasteiger charge is -2.18. The summed E-state index contributed by atoms with van der Waals surface area (Å²) >= 11 is 0. The molecule has 142 valence electrons. The summed E-state index contributed by atoms with van der Waals surface area (Å²) in [5, 5.41) is 9.09. The molecule has 0 radical (unpaired) electrons. The summed E-state index contributed by atoms with van der Waals surface area (Å²) in [5.41, 5.74) is 6.81. The van der Waals surface area contributed by atoms with Gasteiger partial charge in [-0.1, -0.05) is 55.5 Å². The number of nitrogens with zero attached hydrogens (tertiary/aromatic N) is 3. The Morgan fingerprint density at radius 2 is 1.82 bits per heavy atom. The summed E-state index contributed by atoms with van der Waals surface area (Å²) < 4.78 is 1.74. The molecule has 2 aromatic carbocycles. The fourth-order valence-electron chi connectivity index (χ4n) is 3.61. The molecule has 0 bridgehead atoms. The minimum Gasteiger partial charge on any atom is -0.267 e. The normalized spacial score (nSPS) is 18.2. The Morgan fingerprint density at radius 3 is 2.54 bits per heavy atom. The number of hydrazone groups is 1. The molecule has 0 unspecified atom stereocenters. The molecular weight excluding hydrogens is 348 g/mol. The second-order valence-electron chi connectivity index (χ2n) is 7.36. The zero-order valence-corrected chi connectivity index (χ0v) is 16.0. The molecule has 1 atom stereocenters. The molecule has 1 fully saturated rings. The Kier molecular flexibility index (Phi) is 5.33. The van der Waals surface area contributed by atoms with E-state index in [0.29, 0.717) is 17.2 Å². The second kappa shape index (κ2) is 8.21. The zero-order chi connectivity index (χ0) is 19.3. The predicted molar refractivity (Wildman–Crippen MR) is 112 cm³/mol. The van der Waals surface area contributed by atoms with Gasteiger partial charge in [0, 0.05) is 17.5 Å². The lowest BCUT2D eigenvalue weighted by molar-refractivity contribution is 0.0955. The second-order valence-corrected chi connectivity index (χ2v) is 7.36. The lowest BCUT2D eigenvalue weighted by atomic mass is 9.89. The van der Waals surface area contributed by atoms with Crippen LogP contribution in [0.15, 0.2) is 72.0 Å². The minimum atomic E-state index is -0.230. The molecule has 0 spiro atoms. The van der Waals surface area contributed by atoms with Crippen LogP contribution < -0.4 is 5.43 Å². The van der Waals surface area contributed by atoms with E-state index in [2.05, 4.69) is 22.5 Å². The van der Waals surface area contributed by atoms with E-state index in [1.807, 2.05) is 60.7 Å². The average Bonchev–Trinajstić information content (AvgIpc) is 3.19. The van der Waals surface area contributed by atoms with Gasteiger partial charge in [-0.25, -0.2) is 10.1 Å². The highest BCUT2D eigenvalue weighted by Gasteiger charge is 2.19. The van der Waals surface area contributed by atoms with E-state index in [9.17, 15) is 4.79 Å². The van der Waals surface area contributed by atoms with E-state index in [0.717, 1.165) is 36.2 Å². The van der Waals surface area contributed by atoms with Crippen molar-refractivity contribution in [3.05, 3.63) is 72.4 Å². The summed E-state index contributed by atoms with van der Waals surface area (Å²) in [6.07, 6.45) is 6.05. The Morgan fingerprint density at radius 1 is 1.11 bits per heavy atom. The van der Waals surface area contributed by atoms with Gasteiger partial charge in [-0.15, -0.1) is 0 Å². The molecule has 5 heteroatoms. The van der Waals surface area contributed by atoms with E-state index in [-0.39, 0.29) is 5.91 Å². The van der Waals surface area contributed by atoms with Crippen LogP contribution in [0.2, 0.25) is 0 Å². The maximum atomic E-state index is 12.9. The van der Waals surface area contributed by atoms with E-state index < -0.39 is 0 Å². The van der Waals surface area contributed by atoms with Crippen molar-refractivity contribution in [3.63, 3.8) is 0 Å². The number of carbonyl (C=O) groups is 1. The molecule has 3 aromatic rings. The molecule has 1 amide bonds. The van der Waals surface area contributed by atoms with E-state index in [1.165, 1.54) is 6.42 Å². The Bertz CT molecular complexity index is 976. The smallest absolute Gasteiger partial charge is 0.267 e. The van der Waals surface area contributed by atoms with Crippen molar-refractivity contribution in [2.75, 3.05) is 0 Å². The van der Waals surface area contributed by atoms with Gasteiger partial charge in [-0.3, -0.25) is 4.79 Å². The predicted octanol–water partition coefficient (Wildman–Crippen LogP) is 4.84. The molecule has 28 heavy (non-hydrogen) atoms. The maximum absolute atomic E-state index is 12.9. The first-order chi connectivity index (χ1) is 13.7. The fraction of sp³-hybridized carbons (Fsp3) is 0.261. The van der Waals surface area contributed by atoms with Crippen LogP contribution in [0.3, 0.4) is 0 Å². The standard InChI is InChI=1S/C23H24N4O/c1-17-9-8-12-19(15-17)24-25-23(28)21-16-27(20-13-6-3-7-14-20)26-22(21)18-10-4-2-5-11-18/h2-7,10-11,13-14,16-17H,8-9,12,15H2,1H3,(H,25,28)/b24-19+/t17-/m1/s1. The highest BCUT2D eigenvalue weighted by Crippen LogP contribution is 2.24. The number of carbonyl (C=O) groups excluding carboxylic acids is 1. The molecule has 1 heterocycles. The lowest BCUT2D eigenvalue weighted by Crippen LogP contribution is -2.22. The minimum absolute atomic E-state index is 0.230. The topological polar surface area (TPSA) is 59.3 Å². The quantitative estimate of drug-likeness (QED) is 0.667. The molecule has 1 saturated carbocycles. The first-order valence-electron chi connectivity index (χ1n) is 9.77. The van der Waals surface area contributed by atoms with Crippen LogP contribution in [-0.2, 0) is 0 Å². The molecule has 4 rings (SSSR count). The van der Waals surface area contributed by atoms with Crippen molar-refractivity contribution in [1.82, 2.24) is 15.2 Å². The van der Waals surface area contributed by atoms with Crippen LogP contribution in [-0.4, -0.2) is 21.4 Å². The highest BCUT2D eigenvalue weighted by atomic mass is 16.2. The van der Waals surface area contributed by atoms with Crippen LogP contribution >= 0.6 is 0 Å². The summed E-state index contributed by atoms with van der Waals surface area (Å²) in [6.45, 7) is 2.23. The van der Waals surface area contributed by atoms with Gasteiger partial charge in [0.1, 0.15) is 5.69 Å². The largest absolute Gasteiger partial charge is 0.275 e. The van der Waals surface area contributed by atoms with Crippen LogP contribution in [0, 0.1) is 5.92 Å². The van der Waals surface area contributed by atoms with Crippen molar-refractivity contribution in [2.24, 2.45) is 11.0 Å².